The topological polar surface area (TPSA) is 47.0 Å². The molecular weight excluding hydrogens is 282 g/mol. The van der Waals surface area contributed by atoms with Gasteiger partial charge in [0.15, 0.2) is 0 Å². The van der Waals surface area contributed by atoms with E-state index in [2.05, 4.69) is 35.2 Å². The minimum Gasteiger partial charge on any atom is -0.467 e. The maximum absolute atomic E-state index is 5.25. The molecule has 4 nitrogen and oxygen atoms in total. The molecule has 1 aliphatic rings. The number of thiophene rings is 1. The third-order valence-corrected chi connectivity index (χ3v) is 4.94. The van der Waals surface area contributed by atoms with Gasteiger partial charge < -0.3 is 10.1 Å². The molecule has 0 saturated carbocycles. The summed E-state index contributed by atoms with van der Waals surface area (Å²) in [5.74, 6) is 0.911. The molecule has 3 rings (SSSR count). The molecule has 0 aliphatic heterocycles. The minimum atomic E-state index is 0.445. The number of hydrogen-bond acceptors (Lipinski definition) is 5. The molecule has 1 N–H and O–H groups in total. The van der Waals surface area contributed by atoms with Crippen molar-refractivity contribution in [2.24, 2.45) is 0 Å². The van der Waals surface area contributed by atoms with E-state index in [9.17, 15) is 0 Å². The molecule has 2 heterocycles. The number of aryl methyl sites for hydroxylation is 2. The van der Waals surface area contributed by atoms with E-state index in [1.165, 1.54) is 40.7 Å². The van der Waals surface area contributed by atoms with E-state index < -0.39 is 0 Å². The van der Waals surface area contributed by atoms with Gasteiger partial charge in [0.05, 0.1) is 12.5 Å². The number of fused-ring (bicyclic) bond motifs is 3. The molecule has 0 radical (unpaired) electrons. The van der Waals surface area contributed by atoms with Crippen molar-refractivity contribution >= 4 is 27.4 Å². The summed E-state index contributed by atoms with van der Waals surface area (Å²) < 4.78 is 5.25. The van der Waals surface area contributed by atoms with Gasteiger partial charge in [0.2, 0.25) is 0 Å². The molecule has 112 valence electrons. The lowest BCUT2D eigenvalue weighted by atomic mass is 9.97. The molecule has 2 aromatic heterocycles. The fraction of sp³-hybridized carbons (Fsp3) is 0.500. The number of ether oxygens (including phenoxy) is 1. The highest BCUT2D eigenvalue weighted by Crippen LogP contribution is 2.39. The van der Waals surface area contributed by atoms with E-state index >= 15 is 0 Å². The first kappa shape index (κ1) is 14.3. The monoisotopic (exact) mass is 303 g/mol. The highest BCUT2D eigenvalue weighted by Gasteiger charge is 2.21. The van der Waals surface area contributed by atoms with Crippen molar-refractivity contribution in [3.05, 3.63) is 22.1 Å². The molecule has 5 heteroatoms. The van der Waals surface area contributed by atoms with Gasteiger partial charge in [0, 0.05) is 11.4 Å². The van der Waals surface area contributed by atoms with Crippen molar-refractivity contribution in [1.29, 1.82) is 0 Å². The van der Waals surface area contributed by atoms with Gasteiger partial charge in [0.25, 0.3) is 0 Å². The van der Waals surface area contributed by atoms with Crippen molar-refractivity contribution in [3.63, 3.8) is 0 Å². The largest absolute Gasteiger partial charge is 0.467 e. The Morgan fingerprint density at radius 1 is 1.29 bits per heavy atom. The van der Waals surface area contributed by atoms with E-state index in [0.29, 0.717) is 6.01 Å². The maximum atomic E-state index is 5.25. The predicted molar refractivity (Wildman–Crippen MR) is 88.5 cm³/mol. The Hall–Kier alpha value is -1.62. The van der Waals surface area contributed by atoms with Crippen LogP contribution < -0.4 is 10.1 Å². The van der Waals surface area contributed by atoms with Crippen LogP contribution in [-0.2, 0) is 12.8 Å². The number of anilines is 1. The summed E-state index contributed by atoms with van der Waals surface area (Å²) in [7, 11) is 1.62. The molecule has 2 aromatic rings. The number of hydrogen-bond donors (Lipinski definition) is 1. The van der Waals surface area contributed by atoms with Crippen LogP contribution in [0.25, 0.3) is 10.2 Å². The van der Waals surface area contributed by atoms with Crippen LogP contribution in [-0.4, -0.2) is 23.6 Å². The van der Waals surface area contributed by atoms with Gasteiger partial charge >= 0.3 is 6.01 Å². The fourth-order valence-corrected chi connectivity index (χ4v) is 3.96. The third kappa shape index (κ3) is 2.88. The predicted octanol–water partition coefficient (Wildman–Crippen LogP) is 3.96. The van der Waals surface area contributed by atoms with E-state index in [1.807, 2.05) is 0 Å². The summed E-state index contributed by atoms with van der Waals surface area (Å²) in [4.78, 5) is 11.6. The van der Waals surface area contributed by atoms with Gasteiger partial charge in [-0.25, -0.2) is 0 Å². The number of allylic oxidation sites excluding steroid dienone is 1. The van der Waals surface area contributed by atoms with Gasteiger partial charge in [-0.3, -0.25) is 0 Å². The van der Waals surface area contributed by atoms with Crippen LogP contribution in [0.3, 0.4) is 0 Å². The standard InChI is InChI=1S/C16H21N3OS/c1-10(2)8-9-17-14-13-11-6-4-5-7-12(11)21-15(13)19-16(18-14)20-3/h8H,4-7,9H2,1-3H3,(H,17,18,19). The summed E-state index contributed by atoms with van der Waals surface area (Å²) >= 11 is 1.80. The normalized spacial score (nSPS) is 13.9. The second-order valence-electron chi connectivity index (χ2n) is 5.61. The Bertz CT molecular complexity index is 686. The number of nitrogens with zero attached hydrogens (tertiary/aromatic N) is 2. The molecule has 0 aromatic carbocycles. The first-order valence-electron chi connectivity index (χ1n) is 7.42. The van der Waals surface area contributed by atoms with Crippen LogP contribution in [0, 0.1) is 0 Å². The summed E-state index contributed by atoms with van der Waals surface area (Å²) in [5.41, 5.74) is 2.75. The summed E-state index contributed by atoms with van der Waals surface area (Å²) in [5, 5.41) is 4.64. The van der Waals surface area contributed by atoms with Crippen LogP contribution >= 0.6 is 11.3 Å². The van der Waals surface area contributed by atoms with Crippen LogP contribution in [0.2, 0.25) is 0 Å². The number of aromatic nitrogens is 2. The number of methoxy groups -OCH3 is 1. The summed E-state index contributed by atoms with van der Waals surface area (Å²) in [6.07, 6.45) is 7.02. The van der Waals surface area contributed by atoms with Crippen molar-refractivity contribution in [1.82, 2.24) is 9.97 Å². The third-order valence-electron chi connectivity index (χ3n) is 3.76. The minimum absolute atomic E-state index is 0.445. The molecule has 1 aliphatic carbocycles. The van der Waals surface area contributed by atoms with Crippen LogP contribution in [0.15, 0.2) is 11.6 Å². The number of nitrogens with one attached hydrogen (secondary N) is 1. The quantitative estimate of drug-likeness (QED) is 0.869. The zero-order valence-electron chi connectivity index (χ0n) is 12.8. The zero-order chi connectivity index (χ0) is 14.8. The lowest BCUT2D eigenvalue weighted by Crippen LogP contribution is -2.05. The van der Waals surface area contributed by atoms with E-state index in [0.717, 1.165) is 23.6 Å². The van der Waals surface area contributed by atoms with Crippen molar-refractivity contribution in [3.8, 4) is 6.01 Å². The highest BCUT2D eigenvalue weighted by molar-refractivity contribution is 7.19. The SMILES string of the molecule is COc1nc(NCC=C(C)C)c2c3c(sc2n1)CCCC3. The average molecular weight is 303 g/mol. The lowest BCUT2D eigenvalue weighted by Gasteiger charge is -2.12. The molecular formula is C16H21N3OS. The van der Waals surface area contributed by atoms with E-state index in [1.54, 1.807) is 18.4 Å². The Morgan fingerprint density at radius 2 is 2.10 bits per heavy atom. The van der Waals surface area contributed by atoms with Gasteiger partial charge in [-0.1, -0.05) is 11.6 Å². The highest BCUT2D eigenvalue weighted by atomic mass is 32.1. The van der Waals surface area contributed by atoms with Crippen molar-refractivity contribution in [2.75, 3.05) is 19.0 Å². The Kier molecular flexibility index (Phi) is 4.10. The van der Waals surface area contributed by atoms with Crippen LogP contribution in [0.4, 0.5) is 5.82 Å². The van der Waals surface area contributed by atoms with Gasteiger partial charge in [0.1, 0.15) is 10.6 Å². The Morgan fingerprint density at radius 3 is 2.86 bits per heavy atom. The Labute approximate surface area is 129 Å². The van der Waals surface area contributed by atoms with Gasteiger partial charge in [-0.05, 0) is 45.1 Å². The van der Waals surface area contributed by atoms with Crippen molar-refractivity contribution < 1.29 is 4.74 Å². The Balaban J connectivity index is 2.06. The molecule has 21 heavy (non-hydrogen) atoms. The molecule has 0 unspecified atom stereocenters. The molecule has 0 fully saturated rings. The summed E-state index contributed by atoms with van der Waals surface area (Å²) in [6.45, 7) is 4.98. The average Bonchev–Trinajstić information content (AvgIpc) is 2.85. The maximum Gasteiger partial charge on any atom is 0.319 e. The van der Waals surface area contributed by atoms with Gasteiger partial charge in [-0.15, -0.1) is 11.3 Å². The fourth-order valence-electron chi connectivity index (χ4n) is 2.71. The van der Waals surface area contributed by atoms with E-state index in [4.69, 9.17) is 4.74 Å². The molecule has 0 spiro atoms. The van der Waals surface area contributed by atoms with Gasteiger partial charge in [-0.2, -0.15) is 9.97 Å². The molecule has 0 saturated heterocycles. The van der Waals surface area contributed by atoms with Crippen molar-refractivity contribution in [2.45, 2.75) is 39.5 Å². The first-order chi connectivity index (χ1) is 10.2. The second kappa shape index (κ2) is 6.02. The zero-order valence-corrected chi connectivity index (χ0v) is 13.6. The smallest absolute Gasteiger partial charge is 0.319 e. The molecule has 0 amide bonds. The molecule has 0 atom stereocenters. The molecule has 0 bridgehead atoms. The van der Waals surface area contributed by atoms with Crippen LogP contribution in [0.1, 0.15) is 37.1 Å². The summed E-state index contributed by atoms with van der Waals surface area (Å²) in [6, 6.07) is 0.445. The van der Waals surface area contributed by atoms with Crippen LogP contribution in [0.5, 0.6) is 6.01 Å². The first-order valence-corrected chi connectivity index (χ1v) is 8.24. The lowest BCUT2D eigenvalue weighted by molar-refractivity contribution is 0.382. The second-order valence-corrected chi connectivity index (χ2v) is 6.70. The number of rotatable bonds is 4. The van der Waals surface area contributed by atoms with E-state index in [-0.39, 0.29) is 0 Å².